The number of hydrogen-bond donors (Lipinski definition) is 2. The van der Waals surface area contributed by atoms with Gasteiger partial charge in [-0.05, 0) is 18.2 Å². The van der Waals surface area contributed by atoms with E-state index >= 15 is 0 Å². The molecule has 0 atom stereocenters. The van der Waals surface area contributed by atoms with E-state index in [1.54, 1.807) is 6.07 Å². The first-order valence-electron chi connectivity index (χ1n) is 4.73. The van der Waals surface area contributed by atoms with Crippen LogP contribution in [0.5, 0.6) is 0 Å². The van der Waals surface area contributed by atoms with E-state index in [0.717, 1.165) is 21.1 Å². The van der Waals surface area contributed by atoms with Gasteiger partial charge in [0.05, 0.1) is 5.69 Å². The number of aromatic amines is 1. The Kier molecular flexibility index (Phi) is 2.00. The Balaban J connectivity index is 2.18. The van der Waals surface area contributed by atoms with E-state index in [2.05, 4.69) is 26.1 Å². The van der Waals surface area contributed by atoms with Crippen LogP contribution in [0.25, 0.3) is 22.4 Å². The van der Waals surface area contributed by atoms with Gasteiger partial charge in [0.25, 0.3) is 0 Å². The number of aromatic nitrogens is 2. The molecule has 80 valence electrons. The molecule has 4 nitrogen and oxygen atoms in total. The van der Waals surface area contributed by atoms with Crippen LogP contribution in [0.4, 0.5) is 5.82 Å². The molecule has 0 aliphatic carbocycles. The molecule has 3 rings (SSSR count). The van der Waals surface area contributed by atoms with Crippen LogP contribution in [0, 0.1) is 0 Å². The summed E-state index contributed by atoms with van der Waals surface area (Å²) in [7, 11) is 0. The Bertz CT molecular complexity index is 656. The molecule has 0 radical (unpaired) electrons. The highest BCUT2D eigenvalue weighted by molar-refractivity contribution is 9.10. The van der Waals surface area contributed by atoms with Crippen LogP contribution >= 0.6 is 15.9 Å². The second kappa shape index (κ2) is 3.38. The molecule has 5 heteroatoms. The van der Waals surface area contributed by atoms with Crippen molar-refractivity contribution < 1.29 is 4.52 Å². The highest BCUT2D eigenvalue weighted by Crippen LogP contribution is 2.26. The standard InChI is InChI=1S/C11H8BrN3O/c12-7-2-1-6-3-9(14-8(6)4-7)10-5-11(13)15-16-10/h1-5,14H,(H2,13,15). The lowest BCUT2D eigenvalue weighted by Gasteiger charge is -1.89. The quantitative estimate of drug-likeness (QED) is 0.718. The second-order valence-electron chi connectivity index (χ2n) is 3.53. The molecular weight excluding hydrogens is 270 g/mol. The minimum atomic E-state index is 0.384. The first-order chi connectivity index (χ1) is 7.72. The van der Waals surface area contributed by atoms with Gasteiger partial charge in [0.2, 0.25) is 0 Å². The molecule has 2 aromatic heterocycles. The van der Waals surface area contributed by atoms with Crippen molar-refractivity contribution in [1.82, 2.24) is 10.1 Å². The molecule has 3 N–H and O–H groups in total. The van der Waals surface area contributed by atoms with Crippen LogP contribution in [-0.4, -0.2) is 10.1 Å². The number of nitrogens with two attached hydrogens (primary N) is 1. The van der Waals surface area contributed by atoms with E-state index in [0.29, 0.717) is 11.6 Å². The van der Waals surface area contributed by atoms with Crippen molar-refractivity contribution in [3.63, 3.8) is 0 Å². The molecule has 0 unspecified atom stereocenters. The normalized spacial score (nSPS) is 11.1. The van der Waals surface area contributed by atoms with E-state index in [1.165, 1.54) is 0 Å². The van der Waals surface area contributed by atoms with Gasteiger partial charge >= 0.3 is 0 Å². The van der Waals surface area contributed by atoms with E-state index in [-0.39, 0.29) is 0 Å². The Labute approximate surface area is 99.6 Å². The van der Waals surface area contributed by atoms with Gasteiger partial charge in [-0.3, -0.25) is 0 Å². The van der Waals surface area contributed by atoms with Crippen molar-refractivity contribution in [1.29, 1.82) is 0 Å². The molecule has 0 spiro atoms. The predicted molar refractivity (Wildman–Crippen MR) is 65.9 cm³/mol. The van der Waals surface area contributed by atoms with Crippen molar-refractivity contribution in [3.8, 4) is 11.5 Å². The number of nitrogens with one attached hydrogen (secondary N) is 1. The van der Waals surface area contributed by atoms with Gasteiger partial charge in [-0.1, -0.05) is 27.2 Å². The first kappa shape index (κ1) is 9.47. The zero-order chi connectivity index (χ0) is 11.1. The Morgan fingerprint density at radius 1 is 1.25 bits per heavy atom. The van der Waals surface area contributed by atoms with Crippen molar-refractivity contribution in [2.24, 2.45) is 0 Å². The number of nitrogen functional groups attached to an aromatic ring is 1. The molecule has 2 heterocycles. The zero-order valence-electron chi connectivity index (χ0n) is 8.20. The van der Waals surface area contributed by atoms with E-state index in [9.17, 15) is 0 Å². The van der Waals surface area contributed by atoms with Gasteiger partial charge in [0.15, 0.2) is 11.6 Å². The number of rotatable bonds is 1. The molecule has 0 fully saturated rings. The fourth-order valence-electron chi connectivity index (χ4n) is 1.65. The SMILES string of the molecule is Nc1cc(-c2cc3ccc(Br)cc3[nH]2)on1. The fourth-order valence-corrected chi connectivity index (χ4v) is 2.01. The molecule has 1 aromatic carbocycles. The van der Waals surface area contributed by atoms with Crippen molar-refractivity contribution in [2.45, 2.75) is 0 Å². The lowest BCUT2D eigenvalue weighted by molar-refractivity contribution is 0.435. The monoisotopic (exact) mass is 277 g/mol. The van der Waals surface area contributed by atoms with E-state index < -0.39 is 0 Å². The van der Waals surface area contributed by atoms with Crippen LogP contribution in [0.1, 0.15) is 0 Å². The van der Waals surface area contributed by atoms with Crippen LogP contribution in [0.3, 0.4) is 0 Å². The van der Waals surface area contributed by atoms with Crippen LogP contribution in [0.15, 0.2) is 39.3 Å². The van der Waals surface area contributed by atoms with Gasteiger partial charge in [0.1, 0.15) is 0 Å². The number of benzene rings is 1. The average molecular weight is 278 g/mol. The maximum absolute atomic E-state index is 5.51. The Morgan fingerprint density at radius 2 is 2.12 bits per heavy atom. The van der Waals surface area contributed by atoms with Gasteiger partial charge in [-0.25, -0.2) is 0 Å². The lowest BCUT2D eigenvalue weighted by Crippen LogP contribution is -1.79. The Morgan fingerprint density at radius 3 is 2.88 bits per heavy atom. The molecule has 16 heavy (non-hydrogen) atoms. The molecule has 3 aromatic rings. The number of nitrogens with zero attached hydrogens (tertiary/aromatic N) is 1. The van der Waals surface area contributed by atoms with Crippen LogP contribution in [-0.2, 0) is 0 Å². The molecule has 0 amide bonds. The van der Waals surface area contributed by atoms with Gasteiger partial charge in [-0.2, -0.15) is 0 Å². The van der Waals surface area contributed by atoms with Crippen LogP contribution < -0.4 is 5.73 Å². The summed E-state index contributed by atoms with van der Waals surface area (Å²) >= 11 is 3.43. The first-order valence-corrected chi connectivity index (χ1v) is 5.52. The molecule has 0 aliphatic heterocycles. The smallest absolute Gasteiger partial charge is 0.185 e. The van der Waals surface area contributed by atoms with E-state index in [1.807, 2.05) is 24.3 Å². The molecule has 0 saturated heterocycles. The third-order valence-electron chi connectivity index (χ3n) is 2.38. The van der Waals surface area contributed by atoms with E-state index in [4.69, 9.17) is 10.3 Å². The van der Waals surface area contributed by atoms with Crippen LogP contribution in [0.2, 0.25) is 0 Å². The van der Waals surface area contributed by atoms with Crippen molar-refractivity contribution in [2.75, 3.05) is 5.73 Å². The third kappa shape index (κ3) is 1.49. The highest BCUT2D eigenvalue weighted by Gasteiger charge is 2.08. The van der Waals surface area contributed by atoms with Crippen molar-refractivity contribution in [3.05, 3.63) is 34.8 Å². The summed E-state index contributed by atoms with van der Waals surface area (Å²) in [6.45, 7) is 0. The summed E-state index contributed by atoms with van der Waals surface area (Å²) in [5.74, 6) is 1.03. The molecule has 0 bridgehead atoms. The number of hydrogen-bond acceptors (Lipinski definition) is 3. The average Bonchev–Trinajstić information content (AvgIpc) is 2.83. The van der Waals surface area contributed by atoms with Crippen molar-refractivity contribution >= 4 is 32.7 Å². The summed E-state index contributed by atoms with van der Waals surface area (Å²) in [4.78, 5) is 3.25. The molecular formula is C11H8BrN3O. The maximum atomic E-state index is 5.51. The second-order valence-corrected chi connectivity index (χ2v) is 4.45. The molecule has 0 aliphatic rings. The number of anilines is 1. The minimum Gasteiger partial charge on any atom is -0.381 e. The summed E-state index contributed by atoms with van der Waals surface area (Å²) < 4.78 is 6.13. The summed E-state index contributed by atoms with van der Waals surface area (Å²) in [6.07, 6.45) is 0. The predicted octanol–water partition coefficient (Wildman–Crippen LogP) is 3.17. The summed E-state index contributed by atoms with van der Waals surface area (Å²) in [6, 6.07) is 9.73. The van der Waals surface area contributed by atoms with Gasteiger partial charge in [0, 0.05) is 21.4 Å². The highest BCUT2D eigenvalue weighted by atomic mass is 79.9. The number of halogens is 1. The third-order valence-corrected chi connectivity index (χ3v) is 2.87. The summed E-state index contributed by atoms with van der Waals surface area (Å²) in [5.41, 5.74) is 7.42. The fraction of sp³-hybridized carbons (Fsp3) is 0. The Hall–Kier alpha value is -1.75. The lowest BCUT2D eigenvalue weighted by atomic mass is 10.2. The summed E-state index contributed by atoms with van der Waals surface area (Å²) in [5, 5.41) is 4.77. The number of fused-ring (bicyclic) bond motifs is 1. The maximum Gasteiger partial charge on any atom is 0.185 e. The number of H-pyrrole nitrogens is 1. The van der Waals surface area contributed by atoms with Gasteiger partial charge in [-0.15, -0.1) is 0 Å². The zero-order valence-corrected chi connectivity index (χ0v) is 9.78. The minimum absolute atomic E-state index is 0.384. The molecule has 0 saturated carbocycles. The largest absolute Gasteiger partial charge is 0.381 e. The van der Waals surface area contributed by atoms with Gasteiger partial charge < -0.3 is 15.2 Å². The topological polar surface area (TPSA) is 67.8 Å².